The van der Waals surface area contributed by atoms with Crippen LogP contribution in [0.5, 0.6) is 0 Å². The second kappa shape index (κ2) is 10.00. The average molecular weight is 361 g/mol. The largest absolute Gasteiger partial charge is 0.481 e. The predicted molar refractivity (Wildman–Crippen MR) is 103 cm³/mol. The first kappa shape index (κ1) is 21.7. The molecule has 0 bridgehead atoms. The molecule has 1 amide bonds. The van der Waals surface area contributed by atoms with Crippen molar-refractivity contribution >= 4 is 12.1 Å². The van der Waals surface area contributed by atoms with E-state index in [1.54, 1.807) is 32.9 Å². The molecule has 1 aromatic rings. The van der Waals surface area contributed by atoms with E-state index in [1.165, 1.54) is 0 Å². The molecule has 0 spiro atoms. The van der Waals surface area contributed by atoms with Gasteiger partial charge in [-0.3, -0.25) is 4.79 Å². The molecule has 0 aromatic heterocycles. The summed E-state index contributed by atoms with van der Waals surface area (Å²) in [6, 6.07) is 9.23. The Balaban J connectivity index is 2.81. The fourth-order valence-corrected chi connectivity index (χ4v) is 2.53. The van der Waals surface area contributed by atoms with Gasteiger partial charge in [-0.1, -0.05) is 56.3 Å². The Hall–Kier alpha value is -2.30. The van der Waals surface area contributed by atoms with Crippen LogP contribution in [0, 0.1) is 11.8 Å². The van der Waals surface area contributed by atoms with E-state index in [4.69, 9.17) is 4.74 Å². The molecule has 1 aromatic carbocycles. The summed E-state index contributed by atoms with van der Waals surface area (Å²) in [6.07, 6.45) is 4.05. The van der Waals surface area contributed by atoms with Gasteiger partial charge in [0.1, 0.15) is 5.60 Å². The molecule has 5 heteroatoms. The minimum atomic E-state index is -0.884. The van der Waals surface area contributed by atoms with Gasteiger partial charge in [0.15, 0.2) is 0 Å². The number of ether oxygens (including phenoxy) is 1. The molecule has 2 unspecified atom stereocenters. The summed E-state index contributed by atoms with van der Waals surface area (Å²) in [7, 11) is 0. The molecule has 26 heavy (non-hydrogen) atoms. The summed E-state index contributed by atoms with van der Waals surface area (Å²) < 4.78 is 5.30. The van der Waals surface area contributed by atoms with Crippen LogP contribution >= 0.6 is 0 Å². The first-order valence-corrected chi connectivity index (χ1v) is 9.01. The van der Waals surface area contributed by atoms with Gasteiger partial charge in [0, 0.05) is 0 Å². The number of amides is 1. The van der Waals surface area contributed by atoms with Crippen LogP contribution in [-0.2, 0) is 16.0 Å². The Bertz CT molecular complexity index is 602. The minimum Gasteiger partial charge on any atom is -0.481 e. The van der Waals surface area contributed by atoms with Crippen LogP contribution in [0.1, 0.15) is 46.6 Å². The Morgan fingerprint density at radius 3 is 2.27 bits per heavy atom. The summed E-state index contributed by atoms with van der Waals surface area (Å²) in [6.45, 7) is 9.52. The van der Waals surface area contributed by atoms with Crippen molar-refractivity contribution in [2.75, 3.05) is 0 Å². The molecule has 0 saturated carbocycles. The van der Waals surface area contributed by atoms with Gasteiger partial charge in [-0.05, 0) is 45.1 Å². The first-order chi connectivity index (χ1) is 12.1. The fraction of sp³-hybridized carbons (Fsp3) is 0.524. The van der Waals surface area contributed by atoms with Gasteiger partial charge in [-0.15, -0.1) is 0 Å². The number of aliphatic carboxylic acids is 1. The van der Waals surface area contributed by atoms with E-state index in [2.05, 4.69) is 19.2 Å². The number of hydrogen-bond donors (Lipinski definition) is 2. The molecule has 0 aliphatic carbocycles. The van der Waals surface area contributed by atoms with Crippen molar-refractivity contribution in [3.8, 4) is 0 Å². The van der Waals surface area contributed by atoms with Crippen molar-refractivity contribution in [3.05, 3.63) is 48.0 Å². The van der Waals surface area contributed by atoms with Crippen molar-refractivity contribution in [2.24, 2.45) is 11.8 Å². The highest BCUT2D eigenvalue weighted by Crippen LogP contribution is 2.14. The van der Waals surface area contributed by atoms with E-state index in [0.29, 0.717) is 18.8 Å². The number of rotatable bonds is 8. The minimum absolute atomic E-state index is 0.275. The Morgan fingerprint density at radius 2 is 1.77 bits per heavy atom. The molecule has 0 aliphatic heterocycles. The molecule has 2 N–H and O–H groups in total. The van der Waals surface area contributed by atoms with Crippen LogP contribution in [0.25, 0.3) is 0 Å². The lowest BCUT2D eigenvalue weighted by Gasteiger charge is -2.23. The van der Waals surface area contributed by atoms with Gasteiger partial charge in [0.25, 0.3) is 0 Å². The maximum Gasteiger partial charge on any atom is 0.408 e. The normalized spacial score (nSPS) is 14.2. The van der Waals surface area contributed by atoms with Gasteiger partial charge in [-0.25, -0.2) is 4.79 Å². The highest BCUT2D eigenvalue weighted by atomic mass is 16.6. The number of carbonyl (C=O) groups excluding carboxylic acids is 1. The molecule has 144 valence electrons. The third-order valence-electron chi connectivity index (χ3n) is 3.62. The monoisotopic (exact) mass is 361 g/mol. The van der Waals surface area contributed by atoms with Crippen molar-refractivity contribution in [2.45, 2.75) is 59.1 Å². The van der Waals surface area contributed by atoms with Crippen LogP contribution in [-0.4, -0.2) is 28.8 Å². The lowest BCUT2D eigenvalue weighted by atomic mass is 9.96. The van der Waals surface area contributed by atoms with Crippen molar-refractivity contribution in [3.63, 3.8) is 0 Å². The number of benzene rings is 1. The molecule has 0 aliphatic rings. The second-order valence-corrected chi connectivity index (χ2v) is 7.90. The summed E-state index contributed by atoms with van der Waals surface area (Å²) in [4.78, 5) is 23.6. The van der Waals surface area contributed by atoms with Crippen molar-refractivity contribution in [1.29, 1.82) is 0 Å². The average Bonchev–Trinajstić information content (AvgIpc) is 2.49. The fourth-order valence-electron chi connectivity index (χ4n) is 2.53. The maximum atomic E-state index is 12.0. The van der Waals surface area contributed by atoms with E-state index < -0.39 is 23.6 Å². The Labute approximate surface area is 156 Å². The second-order valence-electron chi connectivity index (χ2n) is 7.90. The molecule has 0 radical (unpaired) electrons. The predicted octanol–water partition coefficient (Wildman–Crippen LogP) is 4.43. The van der Waals surface area contributed by atoms with E-state index in [0.717, 1.165) is 5.56 Å². The quantitative estimate of drug-likeness (QED) is 0.672. The smallest absolute Gasteiger partial charge is 0.408 e. The van der Waals surface area contributed by atoms with Gasteiger partial charge in [0.05, 0.1) is 12.0 Å². The topological polar surface area (TPSA) is 75.6 Å². The number of nitrogens with one attached hydrogen (secondary N) is 1. The first-order valence-electron chi connectivity index (χ1n) is 9.01. The van der Waals surface area contributed by atoms with E-state index in [9.17, 15) is 14.7 Å². The molecule has 1 rings (SSSR count). The number of hydrogen-bond acceptors (Lipinski definition) is 3. The van der Waals surface area contributed by atoms with Crippen molar-refractivity contribution in [1.82, 2.24) is 5.32 Å². The van der Waals surface area contributed by atoms with Crippen LogP contribution in [0.3, 0.4) is 0 Å². The lowest BCUT2D eigenvalue weighted by molar-refractivity contribution is -0.140. The zero-order valence-electron chi connectivity index (χ0n) is 16.4. The Morgan fingerprint density at radius 1 is 1.15 bits per heavy atom. The van der Waals surface area contributed by atoms with Crippen LogP contribution in [0.15, 0.2) is 42.5 Å². The highest BCUT2D eigenvalue weighted by Gasteiger charge is 2.20. The summed E-state index contributed by atoms with van der Waals surface area (Å²) in [5.41, 5.74) is 0.387. The third kappa shape index (κ3) is 9.25. The van der Waals surface area contributed by atoms with E-state index >= 15 is 0 Å². The number of carboxylic acids is 1. The zero-order chi connectivity index (χ0) is 19.7. The van der Waals surface area contributed by atoms with Crippen molar-refractivity contribution < 1.29 is 19.4 Å². The molecule has 2 atom stereocenters. The van der Waals surface area contributed by atoms with E-state index in [-0.39, 0.29) is 6.04 Å². The molecule has 0 heterocycles. The van der Waals surface area contributed by atoms with Gasteiger partial charge in [-0.2, -0.15) is 0 Å². The van der Waals surface area contributed by atoms with Gasteiger partial charge < -0.3 is 15.2 Å². The van der Waals surface area contributed by atoms with Crippen LogP contribution < -0.4 is 5.32 Å². The number of alkyl carbamates (subject to hydrolysis) is 1. The molecule has 0 saturated heterocycles. The third-order valence-corrected chi connectivity index (χ3v) is 3.62. The van der Waals surface area contributed by atoms with Crippen LogP contribution in [0.2, 0.25) is 0 Å². The highest BCUT2D eigenvalue weighted by molar-refractivity contribution is 5.72. The Kier molecular flexibility index (Phi) is 8.36. The molecular weight excluding hydrogens is 330 g/mol. The molecular formula is C21H31NO4. The number of carbonyl (C=O) groups is 2. The van der Waals surface area contributed by atoms with Crippen LogP contribution in [0.4, 0.5) is 4.79 Å². The molecule has 5 nitrogen and oxygen atoms in total. The van der Waals surface area contributed by atoms with Gasteiger partial charge in [0.2, 0.25) is 0 Å². The maximum absolute atomic E-state index is 12.0. The lowest BCUT2D eigenvalue weighted by Crippen LogP contribution is -2.39. The van der Waals surface area contributed by atoms with E-state index in [1.807, 2.05) is 30.3 Å². The molecule has 0 fully saturated rings. The zero-order valence-corrected chi connectivity index (χ0v) is 16.4. The SMILES string of the molecule is CC(C)CC(/C=C/C(Cc1ccccc1)C(=O)O)NC(=O)OC(C)(C)C. The number of carboxylic acid groups (broad SMARTS) is 1. The summed E-state index contributed by atoms with van der Waals surface area (Å²) in [5, 5.41) is 12.3. The van der Waals surface area contributed by atoms with Gasteiger partial charge >= 0.3 is 12.1 Å². The summed E-state index contributed by atoms with van der Waals surface area (Å²) >= 11 is 0. The standard InChI is InChI=1S/C21H31NO4/c1-15(2)13-18(22-20(25)26-21(3,4)5)12-11-17(19(23)24)14-16-9-7-6-8-10-16/h6-12,15,17-18H,13-14H2,1-5H3,(H,22,25)(H,23,24)/b12-11+. The summed E-state index contributed by atoms with van der Waals surface area (Å²) in [5.74, 6) is -1.19.